The molecule has 4 heterocycles. The summed E-state index contributed by atoms with van der Waals surface area (Å²) < 4.78 is 5.47. The van der Waals surface area contributed by atoms with E-state index in [9.17, 15) is 9.90 Å². The normalized spacial score (nSPS) is 20.9. The van der Waals surface area contributed by atoms with E-state index in [1.807, 2.05) is 32.9 Å². The highest BCUT2D eigenvalue weighted by atomic mass is 16.6. The number of hydrogen-bond acceptors (Lipinski definition) is 9. The zero-order valence-electron chi connectivity index (χ0n) is 19.2. The predicted octanol–water partition coefficient (Wildman–Crippen LogP) is 2.70. The first-order chi connectivity index (χ1) is 15.7. The Labute approximate surface area is 193 Å². The number of anilines is 1. The van der Waals surface area contributed by atoms with Crippen LogP contribution >= 0.6 is 0 Å². The molecule has 33 heavy (non-hydrogen) atoms. The minimum absolute atomic E-state index is 0.0759. The molecule has 2 N–H and O–H groups in total. The number of rotatable bonds is 3. The third-order valence-corrected chi connectivity index (χ3v) is 5.38. The molecule has 10 heteroatoms. The Balaban J connectivity index is 1.49. The van der Waals surface area contributed by atoms with Gasteiger partial charge in [0.25, 0.3) is 0 Å². The monoisotopic (exact) mass is 451 g/mol. The third kappa shape index (κ3) is 5.00. The SMILES string of the molecule is C=NN1C=C(O)C=C(c2ccc(N3CCN(C(=O)OC(C)(C)C)CC3)nc2)/C1=C1\C=NNC1. The molecule has 0 bridgehead atoms. The van der Waals surface area contributed by atoms with Crippen LogP contribution in [0.2, 0.25) is 0 Å². The molecule has 4 rings (SSSR count). The van der Waals surface area contributed by atoms with Gasteiger partial charge < -0.3 is 25.1 Å². The quantitative estimate of drug-likeness (QED) is 0.681. The Morgan fingerprint density at radius 1 is 1.24 bits per heavy atom. The smallest absolute Gasteiger partial charge is 0.410 e. The number of carbonyl (C=O) groups is 1. The van der Waals surface area contributed by atoms with Crippen molar-refractivity contribution in [2.24, 2.45) is 10.2 Å². The van der Waals surface area contributed by atoms with Crippen molar-refractivity contribution in [2.45, 2.75) is 26.4 Å². The number of pyridine rings is 1. The van der Waals surface area contributed by atoms with Crippen molar-refractivity contribution in [3.63, 3.8) is 0 Å². The highest BCUT2D eigenvalue weighted by molar-refractivity contribution is 5.92. The fourth-order valence-corrected chi connectivity index (χ4v) is 3.84. The number of amides is 1. The van der Waals surface area contributed by atoms with Crippen molar-refractivity contribution in [1.29, 1.82) is 0 Å². The molecular formula is C23H29N7O3. The molecule has 0 spiro atoms. The van der Waals surface area contributed by atoms with Gasteiger partial charge in [-0.15, -0.1) is 0 Å². The van der Waals surface area contributed by atoms with Crippen molar-refractivity contribution >= 4 is 30.4 Å². The maximum absolute atomic E-state index is 12.3. The van der Waals surface area contributed by atoms with Gasteiger partial charge in [0, 0.05) is 55.8 Å². The first kappa shape index (κ1) is 22.4. The first-order valence-electron chi connectivity index (χ1n) is 10.8. The van der Waals surface area contributed by atoms with Crippen molar-refractivity contribution in [2.75, 3.05) is 37.6 Å². The summed E-state index contributed by atoms with van der Waals surface area (Å²) >= 11 is 0. The van der Waals surface area contributed by atoms with Gasteiger partial charge >= 0.3 is 6.09 Å². The molecule has 1 aromatic rings. The van der Waals surface area contributed by atoms with Crippen LogP contribution in [0.25, 0.3) is 5.57 Å². The average molecular weight is 452 g/mol. The predicted molar refractivity (Wildman–Crippen MR) is 128 cm³/mol. The largest absolute Gasteiger partial charge is 0.506 e. The zero-order valence-corrected chi connectivity index (χ0v) is 19.2. The van der Waals surface area contributed by atoms with Gasteiger partial charge in [-0.3, -0.25) is 0 Å². The number of hydrogen-bond donors (Lipinski definition) is 2. The van der Waals surface area contributed by atoms with Crippen LogP contribution in [-0.4, -0.2) is 77.3 Å². The number of aliphatic hydroxyl groups excluding tert-OH is 1. The lowest BCUT2D eigenvalue weighted by molar-refractivity contribution is 0.0240. The van der Waals surface area contributed by atoms with Crippen LogP contribution in [0.3, 0.4) is 0 Å². The van der Waals surface area contributed by atoms with Crippen LogP contribution < -0.4 is 10.3 Å². The number of aliphatic hydroxyl groups is 1. The third-order valence-electron chi connectivity index (χ3n) is 5.38. The van der Waals surface area contributed by atoms with Crippen LogP contribution in [0, 0.1) is 0 Å². The molecule has 1 aromatic heterocycles. The minimum Gasteiger partial charge on any atom is -0.506 e. The van der Waals surface area contributed by atoms with Gasteiger partial charge in [-0.25, -0.2) is 14.8 Å². The molecule has 0 aliphatic carbocycles. The van der Waals surface area contributed by atoms with E-state index in [4.69, 9.17) is 4.74 Å². The van der Waals surface area contributed by atoms with Gasteiger partial charge in [0.15, 0.2) is 0 Å². The highest BCUT2D eigenvalue weighted by Gasteiger charge is 2.27. The second-order valence-corrected chi connectivity index (χ2v) is 8.92. The summed E-state index contributed by atoms with van der Waals surface area (Å²) in [7, 11) is 0. The lowest BCUT2D eigenvalue weighted by Crippen LogP contribution is -2.50. The van der Waals surface area contributed by atoms with E-state index in [2.05, 4.69) is 32.2 Å². The number of hydrazone groups is 2. The summed E-state index contributed by atoms with van der Waals surface area (Å²) in [6.07, 6.45) is 6.43. The molecule has 0 saturated carbocycles. The number of nitrogens with one attached hydrogen (secondary N) is 1. The van der Waals surface area contributed by atoms with Gasteiger partial charge in [0.05, 0.1) is 24.7 Å². The lowest BCUT2D eigenvalue weighted by Gasteiger charge is -2.36. The summed E-state index contributed by atoms with van der Waals surface area (Å²) in [6, 6.07) is 3.91. The van der Waals surface area contributed by atoms with Crippen molar-refractivity contribution < 1.29 is 14.6 Å². The van der Waals surface area contributed by atoms with Gasteiger partial charge in [-0.2, -0.15) is 10.2 Å². The Kier molecular flexibility index (Phi) is 6.08. The van der Waals surface area contributed by atoms with E-state index in [1.165, 1.54) is 6.20 Å². The average Bonchev–Trinajstić information content (AvgIpc) is 3.32. The Bertz CT molecular complexity index is 1040. The topological polar surface area (TPSA) is 106 Å². The van der Waals surface area contributed by atoms with Crippen LogP contribution in [0.1, 0.15) is 26.3 Å². The van der Waals surface area contributed by atoms with Gasteiger partial charge in [-0.1, -0.05) is 0 Å². The molecule has 0 atom stereocenters. The Morgan fingerprint density at radius 3 is 2.58 bits per heavy atom. The summed E-state index contributed by atoms with van der Waals surface area (Å²) in [5.74, 6) is 0.905. The summed E-state index contributed by atoms with van der Waals surface area (Å²) in [5.41, 5.74) is 5.75. The second-order valence-electron chi connectivity index (χ2n) is 8.92. The fourth-order valence-electron chi connectivity index (χ4n) is 3.84. The van der Waals surface area contributed by atoms with Crippen LogP contribution in [0.4, 0.5) is 10.6 Å². The summed E-state index contributed by atoms with van der Waals surface area (Å²) in [6.45, 7) is 12.3. The Hall–Kier alpha value is -3.82. The van der Waals surface area contributed by atoms with Crippen molar-refractivity contribution in [3.8, 4) is 0 Å². The summed E-state index contributed by atoms with van der Waals surface area (Å²) in [5, 5.41) is 19.9. The number of allylic oxidation sites excluding steroid dienone is 2. The van der Waals surface area contributed by atoms with Gasteiger partial charge in [0.1, 0.15) is 17.2 Å². The molecule has 1 fully saturated rings. The molecule has 174 valence electrons. The maximum Gasteiger partial charge on any atom is 0.410 e. The van der Waals surface area contributed by atoms with E-state index in [0.29, 0.717) is 32.7 Å². The van der Waals surface area contributed by atoms with E-state index >= 15 is 0 Å². The van der Waals surface area contributed by atoms with Crippen LogP contribution in [0.5, 0.6) is 0 Å². The lowest BCUT2D eigenvalue weighted by atomic mass is 9.97. The molecule has 1 amide bonds. The van der Waals surface area contributed by atoms with Crippen molar-refractivity contribution in [1.82, 2.24) is 20.3 Å². The number of aromatic nitrogens is 1. The molecule has 10 nitrogen and oxygen atoms in total. The number of ether oxygens (including phenoxy) is 1. The molecular weight excluding hydrogens is 422 g/mol. The van der Waals surface area contributed by atoms with E-state index in [-0.39, 0.29) is 11.9 Å². The van der Waals surface area contributed by atoms with Gasteiger partial charge in [-0.05, 0) is 39.0 Å². The zero-order chi connectivity index (χ0) is 23.6. The second kappa shape index (κ2) is 8.97. The molecule has 0 aromatic carbocycles. The molecule has 0 unspecified atom stereocenters. The Morgan fingerprint density at radius 2 is 2.00 bits per heavy atom. The van der Waals surface area contributed by atoms with Gasteiger partial charge in [0.2, 0.25) is 0 Å². The molecule has 3 aliphatic heterocycles. The maximum atomic E-state index is 12.3. The molecule has 3 aliphatic rings. The first-order valence-corrected chi connectivity index (χ1v) is 10.8. The molecule has 0 radical (unpaired) electrons. The molecule has 1 saturated heterocycles. The standard InChI is InChI=1S/C23H29N7O3/c1-23(2,3)33-22(32)29-9-7-28(8-10-29)20-6-5-16(12-25-20)19-11-18(31)15-30(24-4)21(19)17-13-26-27-14-17/h5-6,11-13,15,27,31H,4,7-10,14H2,1-3H3/b21-17-. The minimum atomic E-state index is -0.506. The number of nitrogens with zero attached hydrogens (tertiary/aromatic N) is 6. The summed E-state index contributed by atoms with van der Waals surface area (Å²) in [4.78, 5) is 20.8. The van der Waals surface area contributed by atoms with E-state index < -0.39 is 5.60 Å². The van der Waals surface area contributed by atoms with Crippen LogP contribution in [0.15, 0.2) is 57.8 Å². The highest BCUT2D eigenvalue weighted by Crippen LogP contribution is 2.34. The van der Waals surface area contributed by atoms with Crippen molar-refractivity contribution in [3.05, 3.63) is 53.2 Å². The van der Waals surface area contributed by atoms with Crippen LogP contribution in [-0.2, 0) is 4.74 Å². The van der Waals surface area contributed by atoms with E-state index in [0.717, 1.165) is 28.2 Å². The number of carbonyl (C=O) groups excluding carboxylic acids is 1. The fraction of sp³-hybridized carbons (Fsp3) is 0.391. The van der Waals surface area contributed by atoms with E-state index in [1.54, 1.807) is 28.4 Å². The number of piperazine rings is 1.